The van der Waals surface area contributed by atoms with Crippen molar-refractivity contribution in [1.29, 1.82) is 0 Å². The lowest BCUT2D eigenvalue weighted by atomic mass is 9.89. The fourth-order valence-corrected chi connectivity index (χ4v) is 2.21. The summed E-state index contributed by atoms with van der Waals surface area (Å²) >= 11 is 0. The number of hydrogen-bond acceptors (Lipinski definition) is 3. The SMILES string of the molecule is Cn1ccc(C2CCOCC2)c(C(=O)O)c1=O. The average Bonchev–Trinajstić information content (AvgIpc) is 2.33. The second-order valence-corrected chi connectivity index (χ2v) is 4.25. The second kappa shape index (κ2) is 4.71. The summed E-state index contributed by atoms with van der Waals surface area (Å²) in [4.78, 5) is 23.0. The Morgan fingerprint density at radius 2 is 2.12 bits per heavy atom. The number of nitrogens with zero attached hydrogens (tertiary/aromatic N) is 1. The third-order valence-corrected chi connectivity index (χ3v) is 3.18. The molecule has 0 aliphatic carbocycles. The average molecular weight is 237 g/mol. The number of carboxylic acids is 1. The number of aryl methyl sites for hydroxylation is 1. The summed E-state index contributed by atoms with van der Waals surface area (Å²) in [6.07, 6.45) is 3.17. The van der Waals surface area contributed by atoms with Crippen molar-refractivity contribution in [3.05, 3.63) is 33.7 Å². The van der Waals surface area contributed by atoms with Crippen LogP contribution in [0, 0.1) is 0 Å². The van der Waals surface area contributed by atoms with Gasteiger partial charge in [0, 0.05) is 26.5 Å². The van der Waals surface area contributed by atoms with Gasteiger partial charge >= 0.3 is 5.97 Å². The molecule has 1 fully saturated rings. The molecule has 2 rings (SSSR count). The van der Waals surface area contributed by atoms with Gasteiger partial charge in [0.05, 0.1) is 0 Å². The predicted molar refractivity (Wildman–Crippen MR) is 61.4 cm³/mol. The minimum atomic E-state index is -1.15. The molecule has 1 aliphatic heterocycles. The van der Waals surface area contributed by atoms with E-state index < -0.39 is 11.5 Å². The molecule has 1 saturated heterocycles. The quantitative estimate of drug-likeness (QED) is 0.832. The molecule has 0 bridgehead atoms. The first-order chi connectivity index (χ1) is 8.11. The van der Waals surface area contributed by atoms with E-state index in [2.05, 4.69) is 0 Å². The van der Waals surface area contributed by atoms with Gasteiger partial charge in [0.1, 0.15) is 5.56 Å². The molecule has 1 N–H and O–H groups in total. The molecule has 92 valence electrons. The third-order valence-electron chi connectivity index (χ3n) is 3.18. The molecule has 1 aromatic heterocycles. The van der Waals surface area contributed by atoms with Crippen molar-refractivity contribution < 1.29 is 14.6 Å². The maximum atomic E-state index is 11.8. The van der Waals surface area contributed by atoms with Crippen molar-refractivity contribution in [1.82, 2.24) is 4.57 Å². The van der Waals surface area contributed by atoms with E-state index in [0.29, 0.717) is 18.8 Å². The van der Waals surface area contributed by atoms with Crippen LogP contribution in [0.1, 0.15) is 34.7 Å². The van der Waals surface area contributed by atoms with Crippen molar-refractivity contribution in [3.8, 4) is 0 Å². The summed E-state index contributed by atoms with van der Waals surface area (Å²) in [6.45, 7) is 1.25. The van der Waals surface area contributed by atoms with E-state index >= 15 is 0 Å². The Balaban J connectivity index is 2.49. The first-order valence-electron chi connectivity index (χ1n) is 5.62. The molecule has 0 saturated carbocycles. The first-order valence-corrected chi connectivity index (χ1v) is 5.62. The van der Waals surface area contributed by atoms with E-state index in [0.717, 1.165) is 12.8 Å². The fraction of sp³-hybridized carbons (Fsp3) is 0.500. The number of aromatic nitrogens is 1. The number of aromatic carboxylic acids is 1. The molecule has 5 nitrogen and oxygen atoms in total. The molecular formula is C12H15NO4. The summed E-state index contributed by atoms with van der Waals surface area (Å²) < 4.78 is 6.54. The molecule has 0 spiro atoms. The molecule has 0 radical (unpaired) electrons. The monoisotopic (exact) mass is 237 g/mol. The highest BCUT2D eigenvalue weighted by molar-refractivity contribution is 5.89. The van der Waals surface area contributed by atoms with E-state index in [4.69, 9.17) is 9.84 Å². The minimum absolute atomic E-state index is 0.0955. The number of hydrogen-bond donors (Lipinski definition) is 1. The van der Waals surface area contributed by atoms with Crippen LogP contribution in [0.2, 0.25) is 0 Å². The molecule has 0 aromatic carbocycles. The molecule has 0 amide bonds. The van der Waals surface area contributed by atoms with Gasteiger partial charge in [0.25, 0.3) is 5.56 Å². The van der Waals surface area contributed by atoms with E-state index in [1.54, 1.807) is 19.3 Å². The fourth-order valence-electron chi connectivity index (χ4n) is 2.21. The number of carboxylic acid groups (broad SMARTS) is 1. The van der Waals surface area contributed by atoms with E-state index in [1.807, 2.05) is 0 Å². The van der Waals surface area contributed by atoms with Crippen LogP contribution in [0.15, 0.2) is 17.1 Å². The van der Waals surface area contributed by atoms with Gasteiger partial charge in [0.15, 0.2) is 0 Å². The van der Waals surface area contributed by atoms with Crippen molar-refractivity contribution in [2.45, 2.75) is 18.8 Å². The summed E-state index contributed by atoms with van der Waals surface area (Å²) in [5.41, 5.74) is 0.104. The van der Waals surface area contributed by atoms with Crippen molar-refractivity contribution >= 4 is 5.97 Å². The standard InChI is InChI=1S/C12H15NO4/c1-13-5-2-9(8-3-6-17-7-4-8)10(11(13)14)12(15)16/h2,5,8H,3-4,6-7H2,1H3,(H,15,16). The molecule has 1 aliphatic rings. The number of carbonyl (C=O) groups is 1. The largest absolute Gasteiger partial charge is 0.477 e. The summed E-state index contributed by atoms with van der Waals surface area (Å²) in [5, 5.41) is 9.16. The van der Waals surface area contributed by atoms with Crippen LogP contribution >= 0.6 is 0 Å². The third kappa shape index (κ3) is 2.24. The van der Waals surface area contributed by atoms with Gasteiger partial charge in [-0.05, 0) is 30.4 Å². The highest BCUT2D eigenvalue weighted by atomic mass is 16.5. The highest BCUT2D eigenvalue weighted by Gasteiger charge is 2.24. The topological polar surface area (TPSA) is 68.5 Å². The van der Waals surface area contributed by atoms with Crippen LogP contribution in [-0.4, -0.2) is 28.9 Å². The lowest BCUT2D eigenvalue weighted by Crippen LogP contribution is -2.28. The van der Waals surface area contributed by atoms with Crippen molar-refractivity contribution in [3.63, 3.8) is 0 Å². The minimum Gasteiger partial charge on any atom is -0.477 e. The predicted octanol–water partition coefficient (Wildman–Crippen LogP) is 0.978. The Morgan fingerprint density at radius 1 is 1.47 bits per heavy atom. The molecule has 0 unspecified atom stereocenters. The Hall–Kier alpha value is -1.62. The molecule has 0 atom stereocenters. The first kappa shape index (κ1) is 11.9. The maximum Gasteiger partial charge on any atom is 0.341 e. The van der Waals surface area contributed by atoms with Gasteiger partial charge < -0.3 is 14.4 Å². The lowest BCUT2D eigenvalue weighted by molar-refractivity contribution is 0.0682. The van der Waals surface area contributed by atoms with Gasteiger partial charge in [-0.1, -0.05) is 0 Å². The van der Waals surface area contributed by atoms with Crippen LogP contribution in [0.4, 0.5) is 0 Å². The number of ether oxygens (including phenoxy) is 1. The van der Waals surface area contributed by atoms with E-state index in [-0.39, 0.29) is 11.5 Å². The lowest BCUT2D eigenvalue weighted by Gasteiger charge is -2.23. The van der Waals surface area contributed by atoms with Gasteiger partial charge in [-0.2, -0.15) is 0 Å². The normalized spacial score (nSPS) is 17.0. The Labute approximate surface area is 98.6 Å². The van der Waals surface area contributed by atoms with Crippen LogP contribution in [0.5, 0.6) is 0 Å². The molecule has 17 heavy (non-hydrogen) atoms. The molecule has 5 heteroatoms. The van der Waals surface area contributed by atoms with Gasteiger partial charge in [-0.15, -0.1) is 0 Å². The smallest absolute Gasteiger partial charge is 0.341 e. The van der Waals surface area contributed by atoms with Crippen molar-refractivity contribution in [2.75, 3.05) is 13.2 Å². The van der Waals surface area contributed by atoms with Crippen LogP contribution in [-0.2, 0) is 11.8 Å². The number of rotatable bonds is 2. The van der Waals surface area contributed by atoms with Gasteiger partial charge in [0.2, 0.25) is 0 Å². The number of pyridine rings is 1. The summed E-state index contributed by atoms with van der Waals surface area (Å²) in [5.74, 6) is -1.03. The van der Waals surface area contributed by atoms with E-state index in [1.165, 1.54) is 4.57 Å². The van der Waals surface area contributed by atoms with Gasteiger partial charge in [-0.25, -0.2) is 4.79 Å². The highest BCUT2D eigenvalue weighted by Crippen LogP contribution is 2.28. The summed E-state index contributed by atoms with van der Waals surface area (Å²) in [7, 11) is 1.56. The van der Waals surface area contributed by atoms with Crippen LogP contribution < -0.4 is 5.56 Å². The zero-order valence-electron chi connectivity index (χ0n) is 9.68. The maximum absolute atomic E-state index is 11.8. The van der Waals surface area contributed by atoms with Crippen LogP contribution in [0.25, 0.3) is 0 Å². The van der Waals surface area contributed by atoms with E-state index in [9.17, 15) is 9.59 Å². The van der Waals surface area contributed by atoms with Gasteiger partial charge in [-0.3, -0.25) is 4.79 Å². The Morgan fingerprint density at radius 3 is 2.71 bits per heavy atom. The molecule has 2 heterocycles. The summed E-state index contributed by atoms with van der Waals surface area (Å²) in [6, 6.07) is 1.74. The Bertz CT molecular complexity index is 486. The molecular weight excluding hydrogens is 222 g/mol. The zero-order chi connectivity index (χ0) is 12.4. The second-order valence-electron chi connectivity index (χ2n) is 4.25. The Kier molecular flexibility index (Phi) is 3.28. The zero-order valence-corrected chi connectivity index (χ0v) is 9.68. The molecule has 1 aromatic rings. The van der Waals surface area contributed by atoms with Crippen LogP contribution in [0.3, 0.4) is 0 Å². The van der Waals surface area contributed by atoms with Crippen molar-refractivity contribution in [2.24, 2.45) is 7.05 Å².